The van der Waals surface area contributed by atoms with E-state index in [0.29, 0.717) is 6.54 Å². The van der Waals surface area contributed by atoms with Gasteiger partial charge in [0.15, 0.2) is 0 Å². The van der Waals surface area contributed by atoms with Crippen LogP contribution in [0.2, 0.25) is 0 Å². The minimum atomic E-state index is 0.701. The number of hydrogen-bond donors (Lipinski definition) is 1. The SMILES string of the molecule is COc1cc(NCc2cncn2C)cc(OC)c1. The first-order chi connectivity index (χ1) is 8.72. The number of anilines is 1. The summed E-state index contributed by atoms with van der Waals surface area (Å²) < 4.78 is 12.4. The van der Waals surface area contributed by atoms with Crippen LogP contribution in [0.15, 0.2) is 30.7 Å². The number of imidazole rings is 1. The first-order valence-electron chi connectivity index (χ1n) is 5.65. The molecule has 2 aromatic rings. The van der Waals surface area contributed by atoms with E-state index in [1.807, 2.05) is 36.0 Å². The van der Waals surface area contributed by atoms with Crippen LogP contribution in [0.25, 0.3) is 0 Å². The Kier molecular flexibility index (Phi) is 3.72. The second kappa shape index (κ2) is 5.44. The fraction of sp³-hybridized carbons (Fsp3) is 0.308. The molecule has 0 fully saturated rings. The second-order valence-corrected chi connectivity index (χ2v) is 3.95. The van der Waals surface area contributed by atoms with Crippen LogP contribution in [0.1, 0.15) is 5.69 Å². The van der Waals surface area contributed by atoms with Gasteiger partial charge < -0.3 is 19.4 Å². The van der Waals surface area contributed by atoms with Crippen LogP contribution < -0.4 is 14.8 Å². The number of ether oxygens (including phenoxy) is 2. The molecule has 1 aromatic carbocycles. The summed E-state index contributed by atoms with van der Waals surface area (Å²) in [5, 5.41) is 3.32. The van der Waals surface area contributed by atoms with Gasteiger partial charge >= 0.3 is 0 Å². The van der Waals surface area contributed by atoms with Gasteiger partial charge in [-0.05, 0) is 0 Å². The number of nitrogens with one attached hydrogen (secondary N) is 1. The van der Waals surface area contributed by atoms with Gasteiger partial charge in [-0.3, -0.25) is 0 Å². The third-order valence-corrected chi connectivity index (χ3v) is 2.74. The standard InChI is InChI=1S/C13H17N3O2/c1-16-9-14-7-11(16)8-15-10-4-12(17-2)6-13(5-10)18-3/h4-7,9,15H,8H2,1-3H3. The molecular weight excluding hydrogens is 230 g/mol. The molecule has 1 heterocycles. The zero-order chi connectivity index (χ0) is 13.0. The molecule has 5 heteroatoms. The number of nitrogens with zero attached hydrogens (tertiary/aromatic N) is 2. The fourth-order valence-corrected chi connectivity index (χ4v) is 1.66. The van der Waals surface area contributed by atoms with E-state index in [2.05, 4.69) is 10.3 Å². The monoisotopic (exact) mass is 247 g/mol. The molecule has 0 aliphatic rings. The van der Waals surface area contributed by atoms with Gasteiger partial charge in [-0.2, -0.15) is 0 Å². The Morgan fingerprint density at radius 3 is 2.33 bits per heavy atom. The van der Waals surface area contributed by atoms with Crippen LogP contribution in [-0.4, -0.2) is 23.8 Å². The highest BCUT2D eigenvalue weighted by atomic mass is 16.5. The molecule has 0 aliphatic heterocycles. The lowest BCUT2D eigenvalue weighted by Gasteiger charge is -2.10. The van der Waals surface area contributed by atoms with Crippen LogP contribution in [0.3, 0.4) is 0 Å². The number of aryl methyl sites for hydroxylation is 1. The van der Waals surface area contributed by atoms with Crippen molar-refractivity contribution in [1.29, 1.82) is 0 Å². The van der Waals surface area contributed by atoms with E-state index in [1.165, 1.54) is 0 Å². The predicted molar refractivity (Wildman–Crippen MR) is 70.1 cm³/mol. The molecule has 0 saturated heterocycles. The zero-order valence-corrected chi connectivity index (χ0v) is 10.8. The van der Waals surface area contributed by atoms with Crippen molar-refractivity contribution >= 4 is 5.69 Å². The number of methoxy groups -OCH3 is 2. The van der Waals surface area contributed by atoms with E-state index < -0.39 is 0 Å². The molecule has 0 saturated carbocycles. The van der Waals surface area contributed by atoms with Crippen molar-refractivity contribution < 1.29 is 9.47 Å². The lowest BCUT2D eigenvalue weighted by molar-refractivity contribution is 0.394. The summed E-state index contributed by atoms with van der Waals surface area (Å²) in [5.74, 6) is 1.53. The van der Waals surface area contributed by atoms with Gasteiger partial charge in [0.1, 0.15) is 11.5 Å². The van der Waals surface area contributed by atoms with Gasteiger partial charge in [0, 0.05) is 37.1 Å². The molecule has 2 rings (SSSR count). The van der Waals surface area contributed by atoms with E-state index >= 15 is 0 Å². The van der Waals surface area contributed by atoms with Crippen LogP contribution in [0, 0.1) is 0 Å². The van der Waals surface area contributed by atoms with E-state index in [1.54, 1.807) is 20.5 Å². The van der Waals surface area contributed by atoms with Gasteiger partial charge in [-0.1, -0.05) is 0 Å². The van der Waals surface area contributed by atoms with Gasteiger partial charge in [0.2, 0.25) is 0 Å². The maximum Gasteiger partial charge on any atom is 0.124 e. The summed E-state index contributed by atoms with van der Waals surface area (Å²) in [6, 6.07) is 5.70. The van der Waals surface area contributed by atoms with E-state index in [-0.39, 0.29) is 0 Å². The average Bonchev–Trinajstić information content (AvgIpc) is 2.81. The van der Waals surface area contributed by atoms with Crippen molar-refractivity contribution in [3.63, 3.8) is 0 Å². The minimum Gasteiger partial charge on any atom is -0.497 e. The molecule has 0 bridgehead atoms. The zero-order valence-electron chi connectivity index (χ0n) is 10.8. The lowest BCUT2D eigenvalue weighted by atomic mass is 10.2. The Labute approximate surface area is 106 Å². The van der Waals surface area contributed by atoms with E-state index in [0.717, 1.165) is 22.9 Å². The van der Waals surface area contributed by atoms with Gasteiger partial charge in [0.05, 0.1) is 32.8 Å². The number of aromatic nitrogens is 2. The quantitative estimate of drug-likeness (QED) is 0.878. The fourth-order valence-electron chi connectivity index (χ4n) is 1.66. The normalized spacial score (nSPS) is 10.2. The molecule has 18 heavy (non-hydrogen) atoms. The molecule has 0 radical (unpaired) electrons. The van der Waals surface area contributed by atoms with Crippen molar-refractivity contribution in [1.82, 2.24) is 9.55 Å². The van der Waals surface area contributed by atoms with Crippen molar-refractivity contribution in [2.75, 3.05) is 19.5 Å². The Hall–Kier alpha value is -2.17. The maximum absolute atomic E-state index is 5.22. The highest BCUT2D eigenvalue weighted by Crippen LogP contribution is 2.25. The molecule has 1 N–H and O–H groups in total. The molecule has 96 valence electrons. The summed E-state index contributed by atoms with van der Waals surface area (Å²) in [5.41, 5.74) is 2.06. The molecule has 1 aromatic heterocycles. The van der Waals surface area contributed by atoms with Crippen LogP contribution >= 0.6 is 0 Å². The first-order valence-corrected chi connectivity index (χ1v) is 5.65. The number of rotatable bonds is 5. The van der Waals surface area contributed by atoms with Gasteiger partial charge in [-0.25, -0.2) is 4.98 Å². The summed E-state index contributed by atoms with van der Waals surface area (Å²) in [7, 11) is 5.25. The molecule has 0 unspecified atom stereocenters. The third kappa shape index (κ3) is 2.74. The van der Waals surface area contributed by atoms with Crippen LogP contribution in [0.5, 0.6) is 11.5 Å². The molecule has 5 nitrogen and oxygen atoms in total. The molecular formula is C13H17N3O2. The predicted octanol–water partition coefficient (Wildman–Crippen LogP) is 2.05. The van der Waals surface area contributed by atoms with Gasteiger partial charge in [-0.15, -0.1) is 0 Å². The topological polar surface area (TPSA) is 48.3 Å². The highest BCUT2D eigenvalue weighted by molar-refractivity contribution is 5.53. The number of benzene rings is 1. The largest absolute Gasteiger partial charge is 0.497 e. The maximum atomic E-state index is 5.22. The van der Waals surface area contributed by atoms with Crippen LogP contribution in [-0.2, 0) is 13.6 Å². The lowest BCUT2D eigenvalue weighted by Crippen LogP contribution is -2.04. The third-order valence-electron chi connectivity index (χ3n) is 2.74. The highest BCUT2D eigenvalue weighted by Gasteiger charge is 2.03. The van der Waals surface area contributed by atoms with Crippen molar-refractivity contribution in [2.24, 2.45) is 7.05 Å². The summed E-state index contributed by atoms with van der Waals surface area (Å²) in [6.45, 7) is 0.701. The van der Waals surface area contributed by atoms with Crippen LogP contribution in [0.4, 0.5) is 5.69 Å². The Balaban J connectivity index is 2.11. The molecule has 0 aliphatic carbocycles. The Morgan fingerprint density at radius 2 is 1.83 bits per heavy atom. The van der Waals surface area contributed by atoms with E-state index in [9.17, 15) is 0 Å². The van der Waals surface area contributed by atoms with Gasteiger partial charge in [0.25, 0.3) is 0 Å². The first kappa shape index (κ1) is 12.3. The van der Waals surface area contributed by atoms with E-state index in [4.69, 9.17) is 9.47 Å². The molecule has 0 amide bonds. The average molecular weight is 247 g/mol. The van der Waals surface area contributed by atoms with Crippen molar-refractivity contribution in [3.05, 3.63) is 36.4 Å². The minimum absolute atomic E-state index is 0.701. The number of hydrogen-bond acceptors (Lipinski definition) is 4. The smallest absolute Gasteiger partial charge is 0.124 e. The molecule has 0 spiro atoms. The van der Waals surface area contributed by atoms with Crippen molar-refractivity contribution in [3.8, 4) is 11.5 Å². The summed E-state index contributed by atoms with van der Waals surface area (Å²) >= 11 is 0. The Morgan fingerprint density at radius 1 is 1.17 bits per heavy atom. The molecule has 0 atom stereocenters. The summed E-state index contributed by atoms with van der Waals surface area (Å²) in [6.07, 6.45) is 3.62. The second-order valence-electron chi connectivity index (χ2n) is 3.95. The van der Waals surface area contributed by atoms with Crippen molar-refractivity contribution in [2.45, 2.75) is 6.54 Å². The summed E-state index contributed by atoms with van der Waals surface area (Å²) in [4.78, 5) is 4.08. The Bertz CT molecular complexity index is 500.